The van der Waals surface area contributed by atoms with E-state index >= 15 is 0 Å². The Morgan fingerprint density at radius 1 is 1.62 bits per heavy atom. The molecule has 0 saturated carbocycles. The number of carbonyl (C=O) groups excluding carboxylic acids is 1. The van der Waals surface area contributed by atoms with Gasteiger partial charge in [-0.15, -0.1) is 0 Å². The average Bonchev–Trinajstić information content (AvgIpc) is 1.67. The van der Waals surface area contributed by atoms with Crippen LogP contribution in [0.15, 0.2) is 0 Å². The van der Waals surface area contributed by atoms with Crippen molar-refractivity contribution < 1.29 is 4.79 Å². The molecule has 8 heavy (non-hydrogen) atoms. The van der Waals surface area contributed by atoms with E-state index in [0.29, 0.717) is 5.52 Å². The smallest absolute Gasteiger partial charge is 0.168 e. The molecule has 0 radical (unpaired) electrons. The van der Waals surface area contributed by atoms with Crippen molar-refractivity contribution in [1.82, 2.24) is 5.09 Å². The second-order valence-electron chi connectivity index (χ2n) is 1.89. The summed E-state index contributed by atoms with van der Waals surface area (Å²) in [5, 5.41) is 2.83. The number of hydrogen-bond donors (Lipinski definition) is 1. The number of carbonyl (C=O) groups is 1. The SMILES string of the molecule is CNPC(=O)C(C)C. The Morgan fingerprint density at radius 3 is 2.25 bits per heavy atom. The quantitative estimate of drug-likeness (QED) is 0.581. The molecular weight excluding hydrogens is 121 g/mol. The highest BCUT2D eigenvalue weighted by molar-refractivity contribution is 7.55. The summed E-state index contributed by atoms with van der Waals surface area (Å²) in [5.41, 5.74) is 0.299. The van der Waals surface area contributed by atoms with Crippen LogP contribution in [0.25, 0.3) is 0 Å². The van der Waals surface area contributed by atoms with Gasteiger partial charge in [0.15, 0.2) is 5.52 Å². The predicted molar refractivity (Wildman–Crippen MR) is 37.2 cm³/mol. The fraction of sp³-hybridized carbons (Fsp3) is 0.800. The van der Waals surface area contributed by atoms with E-state index in [9.17, 15) is 4.79 Å². The summed E-state index contributed by atoms with van der Waals surface area (Å²) in [6, 6.07) is 0. The average molecular weight is 133 g/mol. The van der Waals surface area contributed by atoms with Crippen LogP contribution in [0.2, 0.25) is 0 Å². The van der Waals surface area contributed by atoms with Gasteiger partial charge < -0.3 is 0 Å². The second kappa shape index (κ2) is 3.99. The van der Waals surface area contributed by atoms with E-state index in [1.54, 1.807) is 7.05 Å². The van der Waals surface area contributed by atoms with Crippen LogP contribution in [-0.2, 0) is 4.79 Å². The van der Waals surface area contributed by atoms with E-state index in [1.807, 2.05) is 13.8 Å². The standard InChI is InChI=1S/C5H12NOP/c1-4(2)5(7)8-6-3/h4,6,8H,1-3H3. The Kier molecular flexibility index (Phi) is 4.02. The summed E-state index contributed by atoms with van der Waals surface area (Å²) in [7, 11) is 2.07. The zero-order chi connectivity index (χ0) is 6.57. The van der Waals surface area contributed by atoms with Gasteiger partial charge in [0.2, 0.25) is 0 Å². The van der Waals surface area contributed by atoms with Crippen LogP contribution in [0.4, 0.5) is 0 Å². The third-order valence-electron chi connectivity index (χ3n) is 0.773. The van der Waals surface area contributed by atoms with Crippen molar-refractivity contribution in [2.24, 2.45) is 5.92 Å². The molecule has 0 aliphatic carbocycles. The van der Waals surface area contributed by atoms with Crippen LogP contribution >= 0.6 is 8.73 Å². The van der Waals surface area contributed by atoms with Crippen LogP contribution in [0.3, 0.4) is 0 Å². The molecular formula is C5H12NOP. The molecule has 1 N–H and O–H groups in total. The van der Waals surface area contributed by atoms with Crippen LogP contribution in [0.1, 0.15) is 13.8 Å². The molecule has 1 unspecified atom stereocenters. The van der Waals surface area contributed by atoms with E-state index in [-0.39, 0.29) is 14.6 Å². The number of rotatable bonds is 3. The fourth-order valence-corrected chi connectivity index (χ4v) is 0.803. The Morgan fingerprint density at radius 2 is 2.12 bits per heavy atom. The first-order chi connectivity index (χ1) is 3.68. The minimum atomic E-state index is 0.181. The van der Waals surface area contributed by atoms with Crippen molar-refractivity contribution in [3.8, 4) is 0 Å². The molecule has 2 nitrogen and oxygen atoms in total. The summed E-state index contributed by atoms with van der Waals surface area (Å²) in [6.07, 6.45) is 0. The highest BCUT2D eigenvalue weighted by atomic mass is 31.1. The maximum atomic E-state index is 10.7. The maximum Gasteiger partial charge on any atom is 0.168 e. The molecule has 0 fully saturated rings. The van der Waals surface area contributed by atoms with Crippen molar-refractivity contribution in [2.75, 3.05) is 7.05 Å². The van der Waals surface area contributed by atoms with E-state index in [1.165, 1.54) is 0 Å². The third kappa shape index (κ3) is 3.11. The van der Waals surface area contributed by atoms with Gasteiger partial charge in [-0.25, -0.2) is 0 Å². The second-order valence-corrected chi connectivity index (χ2v) is 3.14. The Balaban J connectivity index is 3.33. The first-order valence-corrected chi connectivity index (χ1v) is 3.65. The van der Waals surface area contributed by atoms with Crippen molar-refractivity contribution in [3.05, 3.63) is 0 Å². The first kappa shape index (κ1) is 8.06. The topological polar surface area (TPSA) is 29.1 Å². The van der Waals surface area contributed by atoms with Crippen molar-refractivity contribution >= 4 is 14.3 Å². The lowest BCUT2D eigenvalue weighted by Crippen LogP contribution is -2.04. The molecule has 0 amide bonds. The first-order valence-electron chi connectivity index (χ1n) is 2.65. The zero-order valence-corrected chi connectivity index (χ0v) is 6.49. The predicted octanol–water partition coefficient (Wildman–Crippen LogP) is 0.982. The third-order valence-corrected chi connectivity index (χ3v) is 1.85. The molecule has 0 heterocycles. The molecule has 48 valence electrons. The molecule has 0 aliphatic rings. The number of hydrogen-bond acceptors (Lipinski definition) is 2. The fourth-order valence-electron chi connectivity index (χ4n) is 0.268. The monoisotopic (exact) mass is 133 g/mol. The van der Waals surface area contributed by atoms with E-state index < -0.39 is 0 Å². The van der Waals surface area contributed by atoms with E-state index in [2.05, 4.69) is 5.09 Å². The summed E-state index contributed by atoms with van der Waals surface area (Å²) < 4.78 is 0. The summed E-state index contributed by atoms with van der Waals surface area (Å²) in [5.74, 6) is 0.181. The van der Waals surface area contributed by atoms with E-state index in [0.717, 1.165) is 0 Å². The van der Waals surface area contributed by atoms with Crippen molar-refractivity contribution in [3.63, 3.8) is 0 Å². The highest BCUT2D eigenvalue weighted by Crippen LogP contribution is 2.10. The number of nitrogens with one attached hydrogen (secondary N) is 1. The van der Waals surface area contributed by atoms with Gasteiger partial charge >= 0.3 is 0 Å². The zero-order valence-electron chi connectivity index (χ0n) is 5.49. The molecule has 0 aromatic rings. The van der Waals surface area contributed by atoms with Gasteiger partial charge in [-0.3, -0.25) is 9.88 Å². The molecule has 0 bridgehead atoms. The molecule has 0 aromatic carbocycles. The molecule has 0 aromatic heterocycles. The van der Waals surface area contributed by atoms with Gasteiger partial charge in [0.05, 0.1) is 0 Å². The van der Waals surface area contributed by atoms with Gasteiger partial charge in [0.1, 0.15) is 0 Å². The molecule has 3 heteroatoms. The molecule has 1 atom stereocenters. The summed E-state index contributed by atoms with van der Waals surface area (Å²) in [6.45, 7) is 3.82. The lowest BCUT2D eigenvalue weighted by atomic mass is 10.3. The van der Waals surface area contributed by atoms with Crippen LogP contribution in [0.5, 0.6) is 0 Å². The minimum Gasteiger partial charge on any atom is -0.295 e. The van der Waals surface area contributed by atoms with Gasteiger partial charge in [-0.2, -0.15) is 0 Å². The molecule has 0 spiro atoms. The lowest BCUT2D eigenvalue weighted by Gasteiger charge is -1.99. The van der Waals surface area contributed by atoms with Gasteiger partial charge in [0.25, 0.3) is 0 Å². The van der Waals surface area contributed by atoms with Crippen LogP contribution in [0, 0.1) is 5.92 Å². The highest BCUT2D eigenvalue weighted by Gasteiger charge is 2.03. The summed E-state index contributed by atoms with van der Waals surface area (Å²) in [4.78, 5) is 10.7. The summed E-state index contributed by atoms with van der Waals surface area (Å²) >= 11 is 0. The van der Waals surface area contributed by atoms with Crippen molar-refractivity contribution in [2.45, 2.75) is 13.8 Å². The molecule has 0 aliphatic heterocycles. The minimum absolute atomic E-state index is 0.181. The largest absolute Gasteiger partial charge is 0.295 e. The van der Waals surface area contributed by atoms with E-state index in [4.69, 9.17) is 0 Å². The Hall–Kier alpha value is 0.0600. The van der Waals surface area contributed by atoms with Crippen molar-refractivity contribution in [1.29, 1.82) is 0 Å². The van der Waals surface area contributed by atoms with Gasteiger partial charge in [-0.1, -0.05) is 13.8 Å². The Bertz CT molecular complexity index is 82.5. The molecule has 0 saturated heterocycles. The van der Waals surface area contributed by atoms with Crippen LogP contribution in [-0.4, -0.2) is 12.6 Å². The van der Waals surface area contributed by atoms with Gasteiger partial charge in [0, 0.05) is 14.6 Å². The lowest BCUT2D eigenvalue weighted by molar-refractivity contribution is -0.113. The molecule has 0 rings (SSSR count). The van der Waals surface area contributed by atoms with Gasteiger partial charge in [-0.05, 0) is 7.05 Å². The van der Waals surface area contributed by atoms with Crippen LogP contribution < -0.4 is 5.09 Å². The maximum absolute atomic E-state index is 10.7. The Labute approximate surface area is 51.9 Å². The normalized spacial score (nSPS) is 11.5.